The molecule has 1 fully saturated rings. The molecule has 2 aliphatic rings. The van der Waals surface area contributed by atoms with Crippen LogP contribution in [-0.2, 0) is 28.5 Å². The molecule has 0 aromatic heterocycles. The first-order valence-electron chi connectivity index (χ1n) is 12.8. The maximum Gasteiger partial charge on any atom is 0.412 e. The SMILES string of the molecule is CC1=C(C(=O)OC(C)(C)C)C(C[C@H]2COC(C)(C)N2C(=O)OC(C)(C)C)C(C(=O)OC(C)(C)C)=C(C)N1. The Morgan fingerprint density at radius 3 is 1.62 bits per heavy atom. The molecule has 1 atom stereocenters. The lowest BCUT2D eigenvalue weighted by Gasteiger charge is -2.38. The molecular weight excluding hydrogens is 476 g/mol. The number of nitrogens with one attached hydrogen (secondary N) is 1. The molecule has 210 valence electrons. The zero-order valence-electron chi connectivity index (χ0n) is 24.9. The average Bonchev–Trinajstić information content (AvgIpc) is 2.90. The second kappa shape index (κ2) is 10.3. The fourth-order valence-corrected chi connectivity index (χ4v) is 4.58. The molecule has 2 rings (SSSR count). The van der Waals surface area contributed by atoms with Crippen LogP contribution in [0, 0.1) is 5.92 Å². The van der Waals surface area contributed by atoms with Gasteiger partial charge in [-0.3, -0.25) is 4.90 Å². The minimum atomic E-state index is -0.935. The minimum absolute atomic E-state index is 0.220. The zero-order chi connectivity index (χ0) is 28.7. The smallest absolute Gasteiger partial charge is 0.412 e. The zero-order valence-corrected chi connectivity index (χ0v) is 24.9. The van der Waals surface area contributed by atoms with E-state index in [1.165, 1.54) is 0 Å². The molecule has 0 spiro atoms. The monoisotopic (exact) mass is 522 g/mol. The average molecular weight is 523 g/mol. The molecule has 0 saturated carbocycles. The van der Waals surface area contributed by atoms with Crippen molar-refractivity contribution in [3.63, 3.8) is 0 Å². The van der Waals surface area contributed by atoms with E-state index in [0.29, 0.717) is 22.5 Å². The largest absolute Gasteiger partial charge is 0.457 e. The molecule has 1 saturated heterocycles. The van der Waals surface area contributed by atoms with Crippen LogP contribution in [0.4, 0.5) is 4.79 Å². The van der Waals surface area contributed by atoms with E-state index in [0.717, 1.165) is 0 Å². The first kappa shape index (κ1) is 30.7. The van der Waals surface area contributed by atoms with Crippen molar-refractivity contribution in [3.05, 3.63) is 22.5 Å². The number of hydrogen-bond acceptors (Lipinski definition) is 8. The second-order valence-electron chi connectivity index (χ2n) is 13.3. The Labute approximate surface area is 221 Å². The fraction of sp³-hybridized carbons (Fsp3) is 0.750. The van der Waals surface area contributed by atoms with Crippen molar-refractivity contribution >= 4 is 18.0 Å². The molecule has 0 aromatic carbocycles. The third-order valence-electron chi connectivity index (χ3n) is 5.79. The van der Waals surface area contributed by atoms with Gasteiger partial charge in [-0.15, -0.1) is 0 Å². The second-order valence-corrected chi connectivity index (χ2v) is 13.3. The summed E-state index contributed by atoms with van der Waals surface area (Å²) in [4.78, 5) is 41.8. The van der Waals surface area contributed by atoms with Crippen molar-refractivity contribution in [3.8, 4) is 0 Å². The lowest BCUT2D eigenvalue weighted by atomic mass is 9.80. The minimum Gasteiger partial charge on any atom is -0.457 e. The van der Waals surface area contributed by atoms with Crippen LogP contribution in [0.25, 0.3) is 0 Å². The number of hydrogen-bond donors (Lipinski definition) is 1. The number of rotatable bonds is 4. The molecule has 9 nitrogen and oxygen atoms in total. The topological polar surface area (TPSA) is 103 Å². The first-order valence-corrected chi connectivity index (χ1v) is 12.8. The molecule has 0 aromatic rings. The molecule has 0 radical (unpaired) electrons. The van der Waals surface area contributed by atoms with E-state index in [4.69, 9.17) is 18.9 Å². The highest BCUT2D eigenvalue weighted by Gasteiger charge is 2.49. The Morgan fingerprint density at radius 2 is 1.24 bits per heavy atom. The molecule has 0 bridgehead atoms. The number of ether oxygens (including phenoxy) is 4. The number of amides is 1. The van der Waals surface area contributed by atoms with Gasteiger partial charge in [-0.2, -0.15) is 0 Å². The Bertz CT molecular complexity index is 937. The number of dihydropyridines is 1. The van der Waals surface area contributed by atoms with Crippen molar-refractivity contribution in [2.75, 3.05) is 6.61 Å². The number of carbonyl (C=O) groups is 3. The van der Waals surface area contributed by atoms with Crippen LogP contribution in [0.15, 0.2) is 22.5 Å². The standard InChI is InChI=1S/C28H46N2O7/c1-16-20(22(31)35-25(3,4)5)19(21(17(2)29-16)23(32)36-26(6,7)8)14-18-15-34-28(12,13)30(18)24(33)37-27(9,10)11/h18-19,29H,14-15H2,1-13H3/t18-/m0/s1. The van der Waals surface area contributed by atoms with E-state index in [1.54, 1.807) is 94.9 Å². The maximum absolute atomic E-state index is 13.5. The Morgan fingerprint density at radius 1 is 0.838 bits per heavy atom. The van der Waals surface area contributed by atoms with Crippen LogP contribution in [0.2, 0.25) is 0 Å². The summed E-state index contributed by atoms with van der Waals surface area (Å²) in [5.74, 6) is -1.76. The van der Waals surface area contributed by atoms with E-state index in [1.807, 2.05) is 0 Å². The lowest BCUT2D eigenvalue weighted by molar-refractivity contribution is -0.151. The number of nitrogens with zero attached hydrogens (tertiary/aromatic N) is 1. The van der Waals surface area contributed by atoms with Crippen LogP contribution in [0.1, 0.15) is 96.4 Å². The van der Waals surface area contributed by atoms with E-state index in [-0.39, 0.29) is 13.0 Å². The van der Waals surface area contributed by atoms with Gasteiger partial charge in [0.2, 0.25) is 0 Å². The van der Waals surface area contributed by atoms with Gasteiger partial charge in [0, 0.05) is 17.3 Å². The van der Waals surface area contributed by atoms with Gasteiger partial charge in [0.1, 0.15) is 22.5 Å². The van der Waals surface area contributed by atoms with Crippen LogP contribution in [0.5, 0.6) is 0 Å². The van der Waals surface area contributed by atoms with Crippen molar-refractivity contribution in [2.45, 2.75) is 125 Å². The molecule has 9 heteroatoms. The quantitative estimate of drug-likeness (QED) is 0.397. The number of esters is 2. The summed E-state index contributed by atoms with van der Waals surface area (Å²) in [5.41, 5.74) is -1.28. The van der Waals surface area contributed by atoms with Gasteiger partial charge < -0.3 is 24.3 Å². The third kappa shape index (κ3) is 7.97. The molecule has 1 amide bonds. The Balaban J connectivity index is 2.57. The van der Waals surface area contributed by atoms with E-state index < -0.39 is 52.5 Å². The van der Waals surface area contributed by atoms with Gasteiger partial charge in [0.15, 0.2) is 0 Å². The number of allylic oxidation sites excluding steroid dienone is 2. The summed E-state index contributed by atoms with van der Waals surface area (Å²) in [7, 11) is 0. The van der Waals surface area contributed by atoms with Gasteiger partial charge in [-0.25, -0.2) is 14.4 Å². The molecular formula is C28H46N2O7. The summed E-state index contributed by atoms with van der Waals surface area (Å²) >= 11 is 0. The van der Waals surface area contributed by atoms with Crippen LogP contribution < -0.4 is 5.32 Å². The molecule has 1 N–H and O–H groups in total. The predicted molar refractivity (Wildman–Crippen MR) is 140 cm³/mol. The van der Waals surface area contributed by atoms with Gasteiger partial charge in [-0.05, 0) is 96.4 Å². The van der Waals surface area contributed by atoms with Crippen LogP contribution in [-0.4, -0.2) is 58.1 Å². The van der Waals surface area contributed by atoms with Crippen molar-refractivity contribution in [2.24, 2.45) is 5.92 Å². The van der Waals surface area contributed by atoms with Crippen molar-refractivity contribution in [1.29, 1.82) is 0 Å². The molecule has 37 heavy (non-hydrogen) atoms. The van der Waals surface area contributed by atoms with E-state index in [2.05, 4.69) is 5.32 Å². The van der Waals surface area contributed by atoms with Crippen LogP contribution >= 0.6 is 0 Å². The molecule has 0 aliphatic carbocycles. The highest BCUT2D eigenvalue weighted by Crippen LogP contribution is 2.40. The summed E-state index contributed by atoms with van der Waals surface area (Å²) in [6.45, 7) is 23.5. The fourth-order valence-electron chi connectivity index (χ4n) is 4.58. The third-order valence-corrected chi connectivity index (χ3v) is 5.79. The Kier molecular flexibility index (Phi) is 8.55. The van der Waals surface area contributed by atoms with E-state index in [9.17, 15) is 14.4 Å². The first-order chi connectivity index (χ1) is 16.5. The highest BCUT2D eigenvalue weighted by molar-refractivity contribution is 5.98. The number of carbonyl (C=O) groups excluding carboxylic acids is 3. The summed E-state index contributed by atoms with van der Waals surface area (Å²) in [5, 5.41) is 3.17. The summed E-state index contributed by atoms with van der Waals surface area (Å²) in [6, 6.07) is -0.469. The van der Waals surface area contributed by atoms with Gasteiger partial charge >= 0.3 is 18.0 Å². The van der Waals surface area contributed by atoms with Gasteiger partial charge in [-0.1, -0.05) is 0 Å². The lowest BCUT2D eigenvalue weighted by Crippen LogP contribution is -2.51. The van der Waals surface area contributed by atoms with Gasteiger partial charge in [0.25, 0.3) is 0 Å². The summed E-state index contributed by atoms with van der Waals surface area (Å²) in [6.07, 6.45) is -0.282. The van der Waals surface area contributed by atoms with E-state index >= 15 is 0 Å². The van der Waals surface area contributed by atoms with Crippen molar-refractivity contribution < 1.29 is 33.3 Å². The van der Waals surface area contributed by atoms with Crippen molar-refractivity contribution in [1.82, 2.24) is 10.2 Å². The highest BCUT2D eigenvalue weighted by atomic mass is 16.6. The maximum atomic E-state index is 13.5. The molecule has 2 aliphatic heterocycles. The summed E-state index contributed by atoms with van der Waals surface area (Å²) < 4.78 is 23.2. The molecule has 2 heterocycles. The Hall–Kier alpha value is -2.55. The predicted octanol–water partition coefficient (Wildman–Crippen LogP) is 5.20. The van der Waals surface area contributed by atoms with Crippen LogP contribution in [0.3, 0.4) is 0 Å². The van der Waals surface area contributed by atoms with Gasteiger partial charge in [0.05, 0.1) is 23.8 Å². The molecule has 0 unspecified atom stereocenters. The normalized spacial score (nSPS) is 21.1.